The topological polar surface area (TPSA) is 82.4 Å². The number of rotatable bonds is 1. The van der Waals surface area contributed by atoms with E-state index < -0.39 is 17.7 Å². The fraction of sp³-hybridized carbons (Fsp3) is 0.727. The van der Waals surface area contributed by atoms with Crippen molar-refractivity contribution in [2.75, 3.05) is 13.1 Å². The molecule has 0 aromatic heterocycles. The number of amides is 2. The minimum Gasteiger partial charge on any atom is -0.444 e. The second-order valence-electron chi connectivity index (χ2n) is 4.84. The highest BCUT2D eigenvalue weighted by molar-refractivity contribution is 5.87. The Balaban J connectivity index is 2.75. The number of carbonyl (C=O) groups is 2. The molecule has 6 heteroatoms. The summed E-state index contributed by atoms with van der Waals surface area (Å²) in [6.45, 7) is 6.03. The fourth-order valence-corrected chi connectivity index (χ4v) is 1.54. The number of ether oxygens (including phenoxy) is 1. The van der Waals surface area contributed by atoms with E-state index >= 15 is 0 Å². The summed E-state index contributed by atoms with van der Waals surface area (Å²) in [5, 5.41) is 11.3. The molecule has 1 atom stereocenters. The molecule has 0 saturated carbocycles. The first-order valence-electron chi connectivity index (χ1n) is 5.49. The molecular formula is C11H17N3O3. The minimum atomic E-state index is -0.747. The van der Waals surface area contributed by atoms with Crippen molar-refractivity contribution in [3.05, 3.63) is 0 Å². The van der Waals surface area contributed by atoms with E-state index in [2.05, 4.69) is 5.32 Å². The highest BCUT2D eigenvalue weighted by Gasteiger charge is 2.35. The molecule has 0 aromatic carbocycles. The summed E-state index contributed by atoms with van der Waals surface area (Å²) in [4.78, 5) is 24.7. The predicted molar refractivity (Wildman–Crippen MR) is 60.0 cm³/mol. The van der Waals surface area contributed by atoms with Gasteiger partial charge in [-0.3, -0.25) is 9.69 Å². The zero-order valence-electron chi connectivity index (χ0n) is 10.3. The van der Waals surface area contributed by atoms with Gasteiger partial charge in [-0.05, 0) is 20.8 Å². The Bertz CT molecular complexity index is 354. The van der Waals surface area contributed by atoms with Crippen LogP contribution in [0.5, 0.6) is 0 Å². The van der Waals surface area contributed by atoms with Gasteiger partial charge in [0.15, 0.2) is 0 Å². The number of hydrogen-bond acceptors (Lipinski definition) is 4. The van der Waals surface area contributed by atoms with Crippen LogP contribution in [0, 0.1) is 11.3 Å². The number of carbonyl (C=O) groups excluding carboxylic acids is 2. The summed E-state index contributed by atoms with van der Waals surface area (Å²) in [7, 11) is 0. The first-order chi connectivity index (χ1) is 7.85. The molecule has 94 valence electrons. The molecule has 6 nitrogen and oxygen atoms in total. The third kappa shape index (κ3) is 3.63. The van der Waals surface area contributed by atoms with E-state index in [0.29, 0.717) is 13.1 Å². The Labute approximate surface area is 101 Å². The first kappa shape index (κ1) is 13.3. The van der Waals surface area contributed by atoms with Gasteiger partial charge in [0.1, 0.15) is 11.6 Å². The van der Waals surface area contributed by atoms with Crippen molar-refractivity contribution in [2.45, 2.75) is 38.8 Å². The van der Waals surface area contributed by atoms with Crippen LogP contribution in [0.4, 0.5) is 4.79 Å². The van der Waals surface area contributed by atoms with E-state index in [-0.39, 0.29) is 12.3 Å². The maximum absolute atomic E-state index is 11.9. The SMILES string of the molecule is CC(C)(C)OC(=O)N1CCNC(=O)C1CC#N. The Morgan fingerprint density at radius 2 is 2.29 bits per heavy atom. The van der Waals surface area contributed by atoms with E-state index in [4.69, 9.17) is 10.00 Å². The smallest absolute Gasteiger partial charge is 0.411 e. The van der Waals surface area contributed by atoms with Gasteiger partial charge in [0, 0.05) is 13.1 Å². The zero-order chi connectivity index (χ0) is 13.1. The van der Waals surface area contributed by atoms with Gasteiger partial charge in [0.05, 0.1) is 12.5 Å². The zero-order valence-corrected chi connectivity index (χ0v) is 10.3. The molecule has 1 rings (SSSR count). The number of nitrogens with zero attached hydrogens (tertiary/aromatic N) is 2. The van der Waals surface area contributed by atoms with Crippen LogP contribution in [-0.2, 0) is 9.53 Å². The second kappa shape index (κ2) is 5.04. The number of hydrogen-bond donors (Lipinski definition) is 1. The molecule has 1 heterocycles. The summed E-state index contributed by atoms with van der Waals surface area (Å²) >= 11 is 0. The van der Waals surface area contributed by atoms with Crippen molar-refractivity contribution >= 4 is 12.0 Å². The van der Waals surface area contributed by atoms with Crippen LogP contribution in [0.3, 0.4) is 0 Å². The van der Waals surface area contributed by atoms with Crippen molar-refractivity contribution in [3.63, 3.8) is 0 Å². The number of piperazine rings is 1. The van der Waals surface area contributed by atoms with Gasteiger partial charge in [0.25, 0.3) is 0 Å². The van der Waals surface area contributed by atoms with Crippen molar-refractivity contribution < 1.29 is 14.3 Å². The molecule has 0 bridgehead atoms. The van der Waals surface area contributed by atoms with Crippen LogP contribution in [0.2, 0.25) is 0 Å². The summed E-state index contributed by atoms with van der Waals surface area (Å²) in [6, 6.07) is 1.16. The Kier molecular flexibility index (Phi) is 3.94. The first-order valence-corrected chi connectivity index (χ1v) is 5.49. The molecule has 0 spiro atoms. The van der Waals surface area contributed by atoms with E-state index in [1.807, 2.05) is 6.07 Å². The van der Waals surface area contributed by atoms with Crippen molar-refractivity contribution in [2.24, 2.45) is 0 Å². The highest BCUT2D eigenvalue weighted by atomic mass is 16.6. The standard InChI is InChI=1S/C11H17N3O3/c1-11(2,3)17-10(16)14-7-6-13-9(15)8(14)4-5-12/h8H,4,6-7H2,1-3H3,(H,13,15). The molecular weight excluding hydrogens is 222 g/mol. The maximum Gasteiger partial charge on any atom is 0.411 e. The Morgan fingerprint density at radius 3 is 2.82 bits per heavy atom. The van der Waals surface area contributed by atoms with Crippen LogP contribution in [0.25, 0.3) is 0 Å². The Morgan fingerprint density at radius 1 is 1.65 bits per heavy atom. The lowest BCUT2D eigenvalue weighted by molar-refractivity contribution is -0.128. The molecule has 1 saturated heterocycles. The van der Waals surface area contributed by atoms with Gasteiger partial charge in [-0.2, -0.15) is 5.26 Å². The lowest BCUT2D eigenvalue weighted by Gasteiger charge is -2.35. The van der Waals surface area contributed by atoms with Crippen molar-refractivity contribution in [1.29, 1.82) is 5.26 Å². The number of nitrogens with one attached hydrogen (secondary N) is 1. The second-order valence-corrected chi connectivity index (χ2v) is 4.84. The van der Waals surface area contributed by atoms with Crippen molar-refractivity contribution in [3.8, 4) is 6.07 Å². The predicted octanol–water partition coefficient (Wildman–Crippen LogP) is 0.636. The summed E-state index contributed by atoms with van der Waals surface area (Å²) < 4.78 is 5.20. The van der Waals surface area contributed by atoms with Gasteiger partial charge >= 0.3 is 6.09 Å². The highest BCUT2D eigenvalue weighted by Crippen LogP contribution is 2.15. The molecule has 0 radical (unpaired) electrons. The molecule has 0 aliphatic carbocycles. The molecule has 2 amide bonds. The lowest BCUT2D eigenvalue weighted by Crippen LogP contribution is -2.57. The Hall–Kier alpha value is -1.77. The van der Waals surface area contributed by atoms with E-state index in [9.17, 15) is 9.59 Å². The van der Waals surface area contributed by atoms with Crippen molar-refractivity contribution in [1.82, 2.24) is 10.2 Å². The van der Waals surface area contributed by atoms with Crippen LogP contribution < -0.4 is 5.32 Å². The molecule has 17 heavy (non-hydrogen) atoms. The maximum atomic E-state index is 11.9. The van der Waals surface area contributed by atoms with Gasteiger partial charge in [0.2, 0.25) is 5.91 Å². The van der Waals surface area contributed by atoms with Gasteiger partial charge in [-0.25, -0.2) is 4.79 Å². The molecule has 1 fully saturated rings. The largest absolute Gasteiger partial charge is 0.444 e. The van der Waals surface area contributed by atoms with Crippen LogP contribution in [-0.4, -0.2) is 41.6 Å². The summed E-state index contributed by atoms with van der Waals surface area (Å²) in [5.74, 6) is -0.302. The fourth-order valence-electron chi connectivity index (χ4n) is 1.54. The van der Waals surface area contributed by atoms with E-state index in [1.54, 1.807) is 20.8 Å². The van der Waals surface area contributed by atoms with Crippen LogP contribution >= 0.6 is 0 Å². The van der Waals surface area contributed by atoms with Gasteiger partial charge in [-0.1, -0.05) is 0 Å². The molecule has 0 aromatic rings. The summed E-state index contributed by atoms with van der Waals surface area (Å²) in [6.07, 6.45) is -0.571. The summed E-state index contributed by atoms with van der Waals surface area (Å²) in [5.41, 5.74) is -0.609. The molecule has 1 aliphatic heterocycles. The van der Waals surface area contributed by atoms with Gasteiger partial charge in [-0.15, -0.1) is 0 Å². The average molecular weight is 239 g/mol. The van der Waals surface area contributed by atoms with Crippen LogP contribution in [0.15, 0.2) is 0 Å². The third-order valence-corrected chi connectivity index (χ3v) is 2.24. The monoisotopic (exact) mass is 239 g/mol. The van der Waals surface area contributed by atoms with E-state index in [1.165, 1.54) is 4.90 Å². The van der Waals surface area contributed by atoms with E-state index in [0.717, 1.165) is 0 Å². The van der Waals surface area contributed by atoms with Gasteiger partial charge < -0.3 is 10.1 Å². The molecule has 1 unspecified atom stereocenters. The minimum absolute atomic E-state index is 0.0227. The molecule has 1 N–H and O–H groups in total. The third-order valence-electron chi connectivity index (χ3n) is 2.24. The van der Waals surface area contributed by atoms with Crippen LogP contribution in [0.1, 0.15) is 27.2 Å². The molecule has 1 aliphatic rings. The lowest BCUT2D eigenvalue weighted by atomic mass is 10.1. The average Bonchev–Trinajstić information content (AvgIpc) is 2.18. The number of nitriles is 1. The normalized spacial score (nSPS) is 20.5. The quantitative estimate of drug-likeness (QED) is 0.727.